The molecule has 346 valence electrons. The standard InChI is InChI=1S/C72H48N2/c1-3-15-51(16-4-1)62-21-11-13-25-66(62)67-26-14-12-22-63(67)54-35-43-61(44-36-54)73(59-39-31-49(32-40-59)56-30-29-55-28-27-52-17-7-9-23-64(52)70(55)47-56)60-41-33-50(34-42-60)57-38-45-68-69-46-37-53-18-8-10-24-65(53)72(69)74(71(68)48-57)58-19-5-2-6-20-58/h1-48H. The Hall–Kier alpha value is -9.76. The Kier molecular flexibility index (Phi) is 10.6. The van der Waals surface area contributed by atoms with Crippen molar-refractivity contribution >= 4 is 71.2 Å². The van der Waals surface area contributed by atoms with Gasteiger partial charge in [0.25, 0.3) is 0 Å². The van der Waals surface area contributed by atoms with Crippen molar-refractivity contribution in [2.75, 3.05) is 4.90 Å². The largest absolute Gasteiger partial charge is 0.311 e. The van der Waals surface area contributed by atoms with Gasteiger partial charge in [-0.1, -0.05) is 231 Å². The highest BCUT2D eigenvalue weighted by molar-refractivity contribution is 6.19. The number of rotatable bonds is 9. The molecule has 14 aromatic rings. The van der Waals surface area contributed by atoms with E-state index in [2.05, 4.69) is 301 Å². The monoisotopic (exact) mass is 940 g/mol. The molecule has 0 N–H and O–H groups in total. The number of para-hydroxylation sites is 1. The summed E-state index contributed by atoms with van der Waals surface area (Å²) in [6, 6.07) is 106. The SMILES string of the molecule is c1ccc(-c2ccccc2-c2ccccc2-c2ccc(N(c3ccc(-c4ccc5ccc6ccccc6c5c4)cc3)c3ccc(-c4ccc5c6ccc7ccccc7c6n(-c6ccccc6)c5c4)cc3)cc2)cc1. The quantitative estimate of drug-likeness (QED) is 0.131. The number of fused-ring (bicyclic) bond motifs is 8. The number of anilines is 3. The van der Waals surface area contributed by atoms with Crippen molar-refractivity contribution < 1.29 is 0 Å². The van der Waals surface area contributed by atoms with Crippen LogP contribution in [0.2, 0.25) is 0 Å². The van der Waals surface area contributed by atoms with Crippen LogP contribution in [-0.4, -0.2) is 4.57 Å². The second-order valence-electron chi connectivity index (χ2n) is 19.2. The van der Waals surface area contributed by atoms with Crippen LogP contribution in [0.5, 0.6) is 0 Å². The van der Waals surface area contributed by atoms with E-state index >= 15 is 0 Å². The van der Waals surface area contributed by atoms with E-state index in [0.29, 0.717) is 0 Å². The zero-order valence-electron chi connectivity index (χ0n) is 40.6. The molecule has 1 heterocycles. The van der Waals surface area contributed by atoms with Gasteiger partial charge in [-0.3, -0.25) is 0 Å². The predicted molar refractivity (Wildman–Crippen MR) is 315 cm³/mol. The van der Waals surface area contributed by atoms with Gasteiger partial charge >= 0.3 is 0 Å². The van der Waals surface area contributed by atoms with Gasteiger partial charge in [0.15, 0.2) is 0 Å². The van der Waals surface area contributed by atoms with Crippen LogP contribution in [0.1, 0.15) is 0 Å². The van der Waals surface area contributed by atoms with Gasteiger partial charge in [0.05, 0.1) is 11.0 Å². The van der Waals surface area contributed by atoms with E-state index in [1.807, 2.05) is 0 Å². The van der Waals surface area contributed by atoms with Crippen LogP contribution in [0.3, 0.4) is 0 Å². The number of hydrogen-bond donors (Lipinski definition) is 0. The Morgan fingerprint density at radius 2 is 0.635 bits per heavy atom. The third-order valence-electron chi connectivity index (χ3n) is 15.0. The average molecular weight is 941 g/mol. The molecule has 0 radical (unpaired) electrons. The minimum Gasteiger partial charge on any atom is -0.311 e. The number of nitrogens with zero attached hydrogens (tertiary/aromatic N) is 2. The van der Waals surface area contributed by atoms with E-state index in [4.69, 9.17) is 0 Å². The van der Waals surface area contributed by atoms with Gasteiger partial charge in [-0.25, -0.2) is 0 Å². The first-order valence-electron chi connectivity index (χ1n) is 25.5. The minimum absolute atomic E-state index is 1.08. The smallest absolute Gasteiger partial charge is 0.0619 e. The van der Waals surface area contributed by atoms with Crippen molar-refractivity contribution in [2.24, 2.45) is 0 Å². The van der Waals surface area contributed by atoms with Crippen molar-refractivity contribution in [2.45, 2.75) is 0 Å². The average Bonchev–Trinajstić information content (AvgIpc) is 3.82. The van der Waals surface area contributed by atoms with Crippen molar-refractivity contribution in [3.8, 4) is 61.3 Å². The van der Waals surface area contributed by atoms with E-state index < -0.39 is 0 Å². The lowest BCUT2D eigenvalue weighted by Crippen LogP contribution is -2.09. The molecular formula is C72H48N2. The highest BCUT2D eigenvalue weighted by Gasteiger charge is 2.19. The number of hydrogen-bond acceptors (Lipinski definition) is 1. The summed E-state index contributed by atoms with van der Waals surface area (Å²) in [7, 11) is 0. The van der Waals surface area contributed by atoms with E-state index in [9.17, 15) is 0 Å². The van der Waals surface area contributed by atoms with E-state index in [1.165, 1.54) is 98.6 Å². The molecule has 0 aliphatic heterocycles. The number of aromatic nitrogens is 1. The Labute approximate surface area is 430 Å². The third-order valence-corrected chi connectivity index (χ3v) is 15.0. The van der Waals surface area contributed by atoms with Crippen LogP contribution in [0.25, 0.3) is 115 Å². The normalized spacial score (nSPS) is 11.5. The van der Waals surface area contributed by atoms with Gasteiger partial charge in [-0.15, -0.1) is 0 Å². The fourth-order valence-electron chi connectivity index (χ4n) is 11.4. The summed E-state index contributed by atoms with van der Waals surface area (Å²) in [5, 5.41) is 10.0. The maximum Gasteiger partial charge on any atom is 0.0619 e. The van der Waals surface area contributed by atoms with Gasteiger partial charge in [-0.2, -0.15) is 0 Å². The summed E-state index contributed by atoms with van der Waals surface area (Å²) in [5.41, 5.74) is 18.7. The van der Waals surface area contributed by atoms with Crippen LogP contribution in [0.15, 0.2) is 291 Å². The van der Waals surface area contributed by atoms with E-state index in [0.717, 1.165) is 33.9 Å². The Bertz CT molecular complexity index is 4380. The van der Waals surface area contributed by atoms with Gasteiger partial charge in [0, 0.05) is 38.9 Å². The summed E-state index contributed by atoms with van der Waals surface area (Å²) in [6.45, 7) is 0. The van der Waals surface area contributed by atoms with Crippen LogP contribution >= 0.6 is 0 Å². The Morgan fingerprint density at radius 3 is 1.26 bits per heavy atom. The lowest BCUT2D eigenvalue weighted by Gasteiger charge is -2.26. The van der Waals surface area contributed by atoms with Crippen LogP contribution in [0.4, 0.5) is 17.1 Å². The first kappa shape index (κ1) is 43.1. The van der Waals surface area contributed by atoms with Gasteiger partial charge in [0.1, 0.15) is 0 Å². The second kappa shape index (κ2) is 18.1. The first-order chi connectivity index (χ1) is 36.7. The third kappa shape index (κ3) is 7.52. The zero-order valence-corrected chi connectivity index (χ0v) is 40.6. The molecule has 1 aromatic heterocycles. The summed E-state index contributed by atoms with van der Waals surface area (Å²) < 4.78 is 2.44. The van der Waals surface area contributed by atoms with E-state index in [-0.39, 0.29) is 0 Å². The maximum absolute atomic E-state index is 2.44. The summed E-state index contributed by atoms with van der Waals surface area (Å²) in [4.78, 5) is 2.38. The molecule has 0 bridgehead atoms. The molecule has 0 spiro atoms. The Morgan fingerprint density at radius 1 is 0.230 bits per heavy atom. The molecule has 2 heteroatoms. The zero-order chi connectivity index (χ0) is 49.0. The molecule has 0 fully saturated rings. The molecule has 0 aliphatic carbocycles. The molecule has 0 atom stereocenters. The molecule has 0 saturated carbocycles. The molecule has 74 heavy (non-hydrogen) atoms. The van der Waals surface area contributed by atoms with Crippen LogP contribution < -0.4 is 4.90 Å². The maximum atomic E-state index is 2.44. The summed E-state index contributed by atoms with van der Waals surface area (Å²) in [5.74, 6) is 0. The summed E-state index contributed by atoms with van der Waals surface area (Å²) in [6.07, 6.45) is 0. The predicted octanol–water partition coefficient (Wildman–Crippen LogP) is 20.0. The lowest BCUT2D eigenvalue weighted by molar-refractivity contribution is 1.19. The lowest BCUT2D eigenvalue weighted by atomic mass is 9.89. The summed E-state index contributed by atoms with van der Waals surface area (Å²) >= 11 is 0. The molecule has 2 nitrogen and oxygen atoms in total. The molecule has 0 aliphatic rings. The van der Waals surface area contributed by atoms with Gasteiger partial charge in [0.2, 0.25) is 0 Å². The van der Waals surface area contributed by atoms with Crippen molar-refractivity contribution in [1.29, 1.82) is 0 Å². The molecular weight excluding hydrogens is 893 g/mol. The number of benzene rings is 13. The fraction of sp³-hybridized carbons (Fsp3) is 0. The van der Waals surface area contributed by atoms with Crippen molar-refractivity contribution in [3.05, 3.63) is 291 Å². The van der Waals surface area contributed by atoms with Crippen molar-refractivity contribution in [1.82, 2.24) is 4.57 Å². The van der Waals surface area contributed by atoms with Crippen LogP contribution in [0, 0.1) is 0 Å². The minimum atomic E-state index is 1.08. The fourth-order valence-corrected chi connectivity index (χ4v) is 11.4. The first-order valence-corrected chi connectivity index (χ1v) is 25.5. The Balaban J connectivity index is 0.863. The van der Waals surface area contributed by atoms with Gasteiger partial charge in [-0.05, 0) is 143 Å². The molecule has 0 amide bonds. The molecule has 14 rings (SSSR count). The highest BCUT2D eigenvalue weighted by atomic mass is 15.1. The van der Waals surface area contributed by atoms with Crippen LogP contribution in [-0.2, 0) is 0 Å². The topological polar surface area (TPSA) is 8.17 Å². The highest BCUT2D eigenvalue weighted by Crippen LogP contribution is 2.43. The van der Waals surface area contributed by atoms with Gasteiger partial charge < -0.3 is 9.47 Å². The van der Waals surface area contributed by atoms with E-state index in [1.54, 1.807) is 0 Å². The van der Waals surface area contributed by atoms with Crippen molar-refractivity contribution in [3.63, 3.8) is 0 Å². The molecule has 0 unspecified atom stereocenters. The molecule has 13 aromatic carbocycles. The second-order valence-corrected chi connectivity index (χ2v) is 19.2. The molecule has 0 saturated heterocycles.